The zero-order valence-electron chi connectivity index (χ0n) is 15.1. The molecule has 1 heterocycles. The zero-order valence-corrected chi connectivity index (χ0v) is 16.6. The molecule has 0 unspecified atom stereocenters. The normalized spacial score (nSPS) is 13.8. The topological polar surface area (TPSA) is 72.9 Å². The highest BCUT2D eigenvalue weighted by atomic mass is 35.5. The van der Waals surface area contributed by atoms with Gasteiger partial charge in [0, 0.05) is 18.1 Å². The summed E-state index contributed by atoms with van der Waals surface area (Å²) >= 11 is 5.79. The van der Waals surface area contributed by atoms with E-state index in [0.29, 0.717) is 36.0 Å². The average Bonchev–Trinajstić information content (AvgIpc) is 2.66. The Hall–Kier alpha value is -2.25. The number of benzene rings is 2. The predicted octanol–water partition coefficient (Wildman–Crippen LogP) is 2.72. The summed E-state index contributed by atoms with van der Waals surface area (Å²) in [5, 5.41) is 0.442. The van der Waals surface area contributed by atoms with E-state index in [0.717, 1.165) is 11.1 Å². The number of fused-ring (bicyclic) bond motifs is 1. The molecule has 0 fully saturated rings. The van der Waals surface area contributed by atoms with E-state index in [1.54, 1.807) is 19.1 Å². The van der Waals surface area contributed by atoms with Crippen LogP contribution in [-0.4, -0.2) is 45.7 Å². The van der Waals surface area contributed by atoms with Crippen LogP contribution in [0.25, 0.3) is 0 Å². The summed E-state index contributed by atoms with van der Waals surface area (Å²) in [5.74, 6) is 0.225. The number of hydrogen-bond acceptors (Lipinski definition) is 5. The van der Waals surface area contributed by atoms with Crippen LogP contribution in [0.3, 0.4) is 0 Å². The first-order chi connectivity index (χ1) is 12.8. The SMILES string of the molecule is COc1cc2c(cc1OC)CN(C(=O)CS(=O)(=O)c1ccc(Cl)cc1)CC2. The molecule has 6 nitrogen and oxygen atoms in total. The van der Waals surface area contributed by atoms with Gasteiger partial charge in [0.1, 0.15) is 5.75 Å². The van der Waals surface area contributed by atoms with Crippen LogP contribution < -0.4 is 9.47 Å². The van der Waals surface area contributed by atoms with Crippen molar-refractivity contribution in [2.24, 2.45) is 0 Å². The van der Waals surface area contributed by atoms with Crippen LogP contribution >= 0.6 is 11.6 Å². The van der Waals surface area contributed by atoms with Crippen LogP contribution in [0, 0.1) is 0 Å². The fourth-order valence-corrected chi connectivity index (χ4v) is 4.43. The minimum atomic E-state index is -3.72. The second-order valence-corrected chi connectivity index (χ2v) is 8.68. The molecule has 2 aromatic rings. The monoisotopic (exact) mass is 409 g/mol. The highest BCUT2D eigenvalue weighted by molar-refractivity contribution is 7.92. The summed E-state index contributed by atoms with van der Waals surface area (Å²) in [7, 11) is -0.597. The lowest BCUT2D eigenvalue weighted by molar-refractivity contribution is -0.129. The van der Waals surface area contributed by atoms with Crippen molar-refractivity contribution in [2.75, 3.05) is 26.5 Å². The largest absolute Gasteiger partial charge is 0.493 e. The first-order valence-corrected chi connectivity index (χ1v) is 10.4. The Bertz CT molecular complexity index is 957. The lowest BCUT2D eigenvalue weighted by atomic mass is 9.99. The van der Waals surface area contributed by atoms with E-state index in [4.69, 9.17) is 21.1 Å². The molecular formula is C19H20ClNO5S. The Morgan fingerprint density at radius 2 is 1.67 bits per heavy atom. The molecule has 0 saturated carbocycles. The van der Waals surface area contributed by atoms with Gasteiger partial charge in [0.25, 0.3) is 0 Å². The molecule has 0 aromatic heterocycles. The fraction of sp³-hybridized carbons (Fsp3) is 0.316. The molecule has 1 aliphatic rings. The van der Waals surface area contributed by atoms with Gasteiger partial charge in [0.2, 0.25) is 5.91 Å². The van der Waals surface area contributed by atoms with Crippen LogP contribution in [-0.2, 0) is 27.6 Å². The number of halogens is 1. The molecule has 27 heavy (non-hydrogen) atoms. The van der Waals surface area contributed by atoms with Crippen molar-refractivity contribution in [3.63, 3.8) is 0 Å². The molecule has 1 aliphatic heterocycles. The predicted molar refractivity (Wildman–Crippen MR) is 102 cm³/mol. The number of ether oxygens (including phenoxy) is 2. The summed E-state index contributed by atoms with van der Waals surface area (Å²) in [5.41, 5.74) is 1.99. The first-order valence-electron chi connectivity index (χ1n) is 8.34. The third kappa shape index (κ3) is 4.20. The third-order valence-corrected chi connectivity index (χ3v) is 6.43. The van der Waals surface area contributed by atoms with E-state index >= 15 is 0 Å². The first kappa shape index (κ1) is 19.5. The molecule has 1 amide bonds. The van der Waals surface area contributed by atoms with Crippen LogP contribution in [0.4, 0.5) is 0 Å². The summed E-state index contributed by atoms with van der Waals surface area (Å²) in [6.45, 7) is 0.794. The molecule has 2 aromatic carbocycles. The maximum Gasteiger partial charge on any atom is 0.238 e. The Morgan fingerprint density at radius 1 is 1.07 bits per heavy atom. The number of hydrogen-bond donors (Lipinski definition) is 0. The molecule has 0 saturated heterocycles. The Balaban J connectivity index is 1.76. The minimum Gasteiger partial charge on any atom is -0.493 e. The molecule has 0 aliphatic carbocycles. The maximum atomic E-state index is 12.6. The lowest BCUT2D eigenvalue weighted by Gasteiger charge is -2.29. The van der Waals surface area contributed by atoms with Gasteiger partial charge in [0.15, 0.2) is 21.3 Å². The number of amides is 1. The molecule has 0 radical (unpaired) electrons. The lowest BCUT2D eigenvalue weighted by Crippen LogP contribution is -2.39. The third-order valence-electron chi connectivity index (χ3n) is 4.56. The van der Waals surface area contributed by atoms with E-state index in [2.05, 4.69) is 0 Å². The summed E-state index contributed by atoms with van der Waals surface area (Å²) in [4.78, 5) is 14.3. The number of carbonyl (C=O) groups is 1. The molecule has 0 N–H and O–H groups in total. The summed E-state index contributed by atoms with van der Waals surface area (Å²) < 4.78 is 35.6. The standard InChI is InChI=1S/C19H20ClNO5S/c1-25-17-9-13-7-8-21(11-14(13)10-18(17)26-2)19(22)12-27(23,24)16-5-3-15(20)4-6-16/h3-6,9-10H,7-8,11-12H2,1-2H3. The van der Waals surface area contributed by atoms with Gasteiger partial charge < -0.3 is 14.4 Å². The van der Waals surface area contributed by atoms with Gasteiger partial charge in [-0.1, -0.05) is 11.6 Å². The van der Waals surface area contributed by atoms with E-state index in [1.807, 2.05) is 12.1 Å². The number of methoxy groups -OCH3 is 2. The molecule has 144 valence electrons. The van der Waals surface area contributed by atoms with Crippen LogP contribution in [0.1, 0.15) is 11.1 Å². The quantitative estimate of drug-likeness (QED) is 0.759. The van der Waals surface area contributed by atoms with Crippen molar-refractivity contribution < 1.29 is 22.7 Å². The van der Waals surface area contributed by atoms with Crippen LogP contribution in [0.5, 0.6) is 11.5 Å². The van der Waals surface area contributed by atoms with Gasteiger partial charge in [-0.3, -0.25) is 4.79 Å². The summed E-state index contributed by atoms with van der Waals surface area (Å²) in [6.07, 6.45) is 0.627. The molecule has 0 spiro atoms. The highest BCUT2D eigenvalue weighted by Gasteiger charge is 2.27. The van der Waals surface area contributed by atoms with Gasteiger partial charge in [-0.15, -0.1) is 0 Å². The average molecular weight is 410 g/mol. The van der Waals surface area contributed by atoms with Gasteiger partial charge in [-0.25, -0.2) is 8.42 Å². The van der Waals surface area contributed by atoms with Crippen molar-refractivity contribution in [1.29, 1.82) is 0 Å². The van der Waals surface area contributed by atoms with Crippen molar-refractivity contribution in [2.45, 2.75) is 17.9 Å². The van der Waals surface area contributed by atoms with Gasteiger partial charge in [-0.05, 0) is 53.9 Å². The van der Waals surface area contributed by atoms with Crippen molar-refractivity contribution >= 4 is 27.3 Å². The maximum absolute atomic E-state index is 12.6. The van der Waals surface area contributed by atoms with Crippen LogP contribution in [0.15, 0.2) is 41.3 Å². The number of nitrogens with zero attached hydrogens (tertiary/aromatic N) is 1. The van der Waals surface area contributed by atoms with Crippen LogP contribution in [0.2, 0.25) is 5.02 Å². The molecule has 0 bridgehead atoms. The fourth-order valence-electron chi connectivity index (χ4n) is 3.08. The molecule has 3 rings (SSSR count). The number of sulfone groups is 1. The van der Waals surface area contributed by atoms with E-state index < -0.39 is 21.5 Å². The number of carbonyl (C=O) groups excluding carboxylic acids is 1. The molecular weight excluding hydrogens is 390 g/mol. The summed E-state index contributed by atoms with van der Waals surface area (Å²) in [6, 6.07) is 9.55. The number of rotatable bonds is 5. The van der Waals surface area contributed by atoms with Gasteiger partial charge in [0.05, 0.1) is 19.1 Å². The zero-order chi connectivity index (χ0) is 19.6. The van der Waals surface area contributed by atoms with E-state index in [9.17, 15) is 13.2 Å². The van der Waals surface area contributed by atoms with Gasteiger partial charge >= 0.3 is 0 Å². The Morgan fingerprint density at radius 3 is 2.26 bits per heavy atom. The minimum absolute atomic E-state index is 0.0871. The van der Waals surface area contributed by atoms with Crippen molar-refractivity contribution in [3.8, 4) is 11.5 Å². The van der Waals surface area contributed by atoms with E-state index in [1.165, 1.54) is 24.3 Å². The highest BCUT2D eigenvalue weighted by Crippen LogP contribution is 2.33. The van der Waals surface area contributed by atoms with Crippen molar-refractivity contribution in [3.05, 3.63) is 52.5 Å². The van der Waals surface area contributed by atoms with Gasteiger partial charge in [-0.2, -0.15) is 0 Å². The molecule has 8 heteroatoms. The second-order valence-electron chi connectivity index (χ2n) is 6.25. The smallest absolute Gasteiger partial charge is 0.238 e. The van der Waals surface area contributed by atoms with Crippen molar-refractivity contribution in [1.82, 2.24) is 4.90 Å². The van der Waals surface area contributed by atoms with E-state index in [-0.39, 0.29) is 4.90 Å². The Kier molecular flexibility index (Phi) is 5.62. The second kappa shape index (κ2) is 7.78. The molecule has 0 atom stereocenters. The Labute approximate surface area is 163 Å².